The van der Waals surface area contributed by atoms with Gasteiger partial charge in [-0.3, -0.25) is 4.72 Å². The highest BCUT2D eigenvalue weighted by Gasteiger charge is 2.29. The molecule has 1 heterocycles. The fourth-order valence-corrected chi connectivity index (χ4v) is 3.53. The summed E-state index contributed by atoms with van der Waals surface area (Å²) >= 11 is 0. The van der Waals surface area contributed by atoms with Crippen molar-refractivity contribution in [1.82, 2.24) is 10.1 Å². The zero-order valence-corrected chi connectivity index (χ0v) is 14.5. The van der Waals surface area contributed by atoms with Crippen molar-refractivity contribution in [3.63, 3.8) is 0 Å². The first-order chi connectivity index (χ1) is 12.0. The van der Waals surface area contributed by atoms with Crippen LogP contribution in [0.2, 0.25) is 0 Å². The van der Waals surface area contributed by atoms with Crippen LogP contribution in [0.5, 0.6) is 0 Å². The van der Waals surface area contributed by atoms with Gasteiger partial charge in [0, 0.05) is 17.2 Å². The molecule has 2 aromatic carbocycles. The maximum Gasteiger partial charge on any atom is 0.261 e. The Balaban J connectivity index is 1.52. The second-order valence-electron chi connectivity index (χ2n) is 6.23. The molecule has 7 heteroatoms. The molecular weight excluding hydrogens is 338 g/mol. The minimum atomic E-state index is -3.61. The van der Waals surface area contributed by atoms with Crippen LogP contribution in [0.1, 0.15) is 30.2 Å². The van der Waals surface area contributed by atoms with Crippen LogP contribution in [-0.4, -0.2) is 18.6 Å². The van der Waals surface area contributed by atoms with E-state index in [9.17, 15) is 8.42 Å². The van der Waals surface area contributed by atoms with Crippen molar-refractivity contribution in [2.24, 2.45) is 0 Å². The molecule has 128 valence electrons. The first kappa shape index (κ1) is 15.8. The number of rotatable bonds is 5. The van der Waals surface area contributed by atoms with Crippen LogP contribution in [-0.2, 0) is 10.0 Å². The van der Waals surface area contributed by atoms with Gasteiger partial charge in [0.05, 0.1) is 4.90 Å². The van der Waals surface area contributed by atoms with Gasteiger partial charge < -0.3 is 4.52 Å². The first-order valence-electron chi connectivity index (χ1n) is 8.05. The van der Waals surface area contributed by atoms with Crippen LogP contribution in [0.25, 0.3) is 11.4 Å². The van der Waals surface area contributed by atoms with Gasteiger partial charge in [-0.15, -0.1) is 0 Å². The third kappa shape index (κ3) is 3.41. The Morgan fingerprint density at radius 2 is 1.72 bits per heavy atom. The van der Waals surface area contributed by atoms with Crippen molar-refractivity contribution >= 4 is 15.7 Å². The number of anilines is 1. The van der Waals surface area contributed by atoms with E-state index in [2.05, 4.69) is 14.9 Å². The Bertz CT molecular complexity index is 989. The summed E-state index contributed by atoms with van der Waals surface area (Å²) in [6.45, 7) is 1.91. The maximum atomic E-state index is 12.4. The highest BCUT2D eigenvalue weighted by Crippen LogP contribution is 2.39. The SMILES string of the molecule is Cc1ccc(S(=O)(=O)Nc2ccc(-c3noc(C4CC4)n3)cc2)cc1. The van der Waals surface area contributed by atoms with Gasteiger partial charge in [-0.25, -0.2) is 8.42 Å². The Morgan fingerprint density at radius 1 is 1.04 bits per heavy atom. The highest BCUT2D eigenvalue weighted by molar-refractivity contribution is 7.92. The van der Waals surface area contributed by atoms with E-state index in [0.717, 1.165) is 24.0 Å². The molecule has 0 atom stereocenters. The predicted octanol–water partition coefficient (Wildman–Crippen LogP) is 3.72. The molecule has 6 nitrogen and oxygen atoms in total. The number of aromatic nitrogens is 2. The molecule has 0 radical (unpaired) electrons. The van der Waals surface area contributed by atoms with Gasteiger partial charge in [0.1, 0.15) is 0 Å². The van der Waals surface area contributed by atoms with E-state index in [0.29, 0.717) is 23.3 Å². The largest absolute Gasteiger partial charge is 0.339 e. The zero-order chi connectivity index (χ0) is 17.4. The Hall–Kier alpha value is -2.67. The van der Waals surface area contributed by atoms with Crippen LogP contribution in [0.3, 0.4) is 0 Å². The molecule has 25 heavy (non-hydrogen) atoms. The number of nitrogens with one attached hydrogen (secondary N) is 1. The molecule has 0 bridgehead atoms. The second kappa shape index (κ2) is 6.00. The monoisotopic (exact) mass is 355 g/mol. The quantitative estimate of drug-likeness (QED) is 0.754. The van der Waals surface area contributed by atoms with Gasteiger partial charge in [-0.2, -0.15) is 4.98 Å². The molecule has 0 aliphatic heterocycles. The number of nitrogens with zero attached hydrogens (tertiary/aromatic N) is 2. The minimum absolute atomic E-state index is 0.231. The van der Waals surface area contributed by atoms with Gasteiger partial charge in [-0.1, -0.05) is 22.9 Å². The van der Waals surface area contributed by atoms with Gasteiger partial charge in [0.15, 0.2) is 0 Å². The molecule has 0 spiro atoms. The van der Waals surface area contributed by atoms with E-state index in [4.69, 9.17) is 4.52 Å². The molecule has 3 aromatic rings. The van der Waals surface area contributed by atoms with Crippen LogP contribution in [0.15, 0.2) is 57.9 Å². The molecule has 1 saturated carbocycles. The second-order valence-corrected chi connectivity index (χ2v) is 7.91. The number of aryl methyl sites for hydroxylation is 1. The average Bonchev–Trinajstić information content (AvgIpc) is 3.33. The van der Waals surface area contributed by atoms with Crippen LogP contribution < -0.4 is 4.72 Å². The highest BCUT2D eigenvalue weighted by atomic mass is 32.2. The van der Waals surface area contributed by atoms with Crippen LogP contribution in [0.4, 0.5) is 5.69 Å². The molecular formula is C18H17N3O3S. The summed E-state index contributed by atoms with van der Waals surface area (Å²) in [6.07, 6.45) is 2.20. The minimum Gasteiger partial charge on any atom is -0.339 e. The van der Waals surface area contributed by atoms with E-state index in [-0.39, 0.29) is 4.90 Å². The van der Waals surface area contributed by atoms with Crippen molar-refractivity contribution < 1.29 is 12.9 Å². The van der Waals surface area contributed by atoms with E-state index in [1.165, 1.54) is 0 Å². The molecule has 1 N–H and O–H groups in total. The zero-order valence-electron chi connectivity index (χ0n) is 13.6. The molecule has 0 saturated heterocycles. The summed E-state index contributed by atoms with van der Waals surface area (Å²) in [5.41, 5.74) is 2.28. The summed E-state index contributed by atoms with van der Waals surface area (Å²) in [5, 5.41) is 3.98. The molecule has 0 unspecified atom stereocenters. The van der Waals surface area contributed by atoms with Crippen molar-refractivity contribution in [1.29, 1.82) is 0 Å². The lowest BCUT2D eigenvalue weighted by atomic mass is 10.2. The third-order valence-corrected chi connectivity index (χ3v) is 5.49. The normalized spacial score (nSPS) is 14.4. The molecule has 0 amide bonds. The Morgan fingerprint density at radius 3 is 2.36 bits per heavy atom. The number of sulfonamides is 1. The summed E-state index contributed by atoms with van der Waals surface area (Å²) in [5.74, 6) is 1.61. The van der Waals surface area contributed by atoms with Crippen molar-refractivity contribution in [2.75, 3.05) is 4.72 Å². The van der Waals surface area contributed by atoms with Crippen molar-refractivity contribution in [3.8, 4) is 11.4 Å². The van der Waals surface area contributed by atoms with E-state index in [1.54, 1.807) is 48.5 Å². The van der Waals surface area contributed by atoms with Gasteiger partial charge >= 0.3 is 0 Å². The summed E-state index contributed by atoms with van der Waals surface area (Å²) in [7, 11) is -3.61. The van der Waals surface area contributed by atoms with E-state index in [1.807, 2.05) is 6.92 Å². The average molecular weight is 355 g/mol. The smallest absolute Gasteiger partial charge is 0.261 e. The fraction of sp³-hybridized carbons (Fsp3) is 0.222. The number of hydrogen-bond donors (Lipinski definition) is 1. The summed E-state index contributed by atoms with van der Waals surface area (Å²) in [6, 6.07) is 13.6. The molecule has 1 aromatic heterocycles. The fourth-order valence-electron chi connectivity index (χ4n) is 2.47. The predicted molar refractivity (Wildman–Crippen MR) is 93.7 cm³/mol. The number of hydrogen-bond acceptors (Lipinski definition) is 5. The lowest BCUT2D eigenvalue weighted by Gasteiger charge is -2.08. The van der Waals surface area contributed by atoms with Gasteiger partial charge in [0.25, 0.3) is 10.0 Å². The van der Waals surface area contributed by atoms with Crippen LogP contribution >= 0.6 is 0 Å². The first-order valence-corrected chi connectivity index (χ1v) is 9.53. The maximum absolute atomic E-state index is 12.4. The summed E-state index contributed by atoms with van der Waals surface area (Å²) in [4.78, 5) is 4.62. The van der Waals surface area contributed by atoms with E-state index < -0.39 is 10.0 Å². The van der Waals surface area contributed by atoms with Gasteiger partial charge in [0.2, 0.25) is 11.7 Å². The molecule has 1 fully saturated rings. The molecule has 1 aliphatic rings. The van der Waals surface area contributed by atoms with Crippen LogP contribution in [0, 0.1) is 6.92 Å². The molecule has 1 aliphatic carbocycles. The Labute approximate surface area is 145 Å². The van der Waals surface area contributed by atoms with Crippen molar-refractivity contribution in [2.45, 2.75) is 30.6 Å². The lowest BCUT2D eigenvalue weighted by molar-refractivity contribution is 0.380. The van der Waals surface area contributed by atoms with Crippen molar-refractivity contribution in [3.05, 3.63) is 60.0 Å². The topological polar surface area (TPSA) is 85.1 Å². The summed E-state index contributed by atoms with van der Waals surface area (Å²) < 4.78 is 32.6. The van der Waals surface area contributed by atoms with Gasteiger partial charge in [-0.05, 0) is 56.2 Å². The van der Waals surface area contributed by atoms with E-state index >= 15 is 0 Å². The Kier molecular flexibility index (Phi) is 3.80. The molecule has 4 rings (SSSR count). The number of benzene rings is 2. The third-order valence-electron chi connectivity index (χ3n) is 4.09. The lowest BCUT2D eigenvalue weighted by Crippen LogP contribution is -2.12. The standard InChI is InChI=1S/C18H17N3O3S/c1-12-2-10-16(11-3-12)25(22,23)21-15-8-6-13(7-9-15)17-19-18(24-20-17)14-4-5-14/h2-3,6-11,14,21H,4-5H2,1H3.